The lowest BCUT2D eigenvalue weighted by Crippen LogP contribution is -2.32. The molecule has 1 fully saturated rings. The molecule has 0 aromatic carbocycles. The van der Waals surface area contributed by atoms with Gasteiger partial charge in [-0.2, -0.15) is 0 Å². The number of unbranched alkanes of at least 4 members (excludes halogenated alkanes) is 1. The van der Waals surface area contributed by atoms with Crippen molar-refractivity contribution in [3.8, 4) is 0 Å². The lowest BCUT2D eigenvalue weighted by atomic mass is 10.2. The summed E-state index contributed by atoms with van der Waals surface area (Å²) in [5, 5.41) is 0. The van der Waals surface area contributed by atoms with E-state index < -0.39 is 0 Å². The van der Waals surface area contributed by atoms with Gasteiger partial charge >= 0.3 is 0 Å². The van der Waals surface area contributed by atoms with Crippen LogP contribution in [0.25, 0.3) is 0 Å². The molecule has 84 valence electrons. The maximum atomic E-state index is 5.88. The van der Waals surface area contributed by atoms with Crippen molar-refractivity contribution in [2.75, 3.05) is 19.8 Å². The Balaban J connectivity index is 1.88. The van der Waals surface area contributed by atoms with Gasteiger partial charge < -0.3 is 15.2 Å². The molecule has 14 heavy (non-hydrogen) atoms. The first-order valence-electron chi connectivity index (χ1n) is 5.79. The minimum Gasteiger partial charge on any atom is -0.379 e. The second kappa shape index (κ2) is 7.21. The van der Waals surface area contributed by atoms with Crippen LogP contribution in [0.1, 0.15) is 39.0 Å². The predicted molar refractivity (Wildman–Crippen MR) is 57.3 cm³/mol. The second-order valence-electron chi connectivity index (χ2n) is 3.97. The lowest BCUT2D eigenvalue weighted by Gasteiger charge is -2.16. The van der Waals surface area contributed by atoms with Gasteiger partial charge in [0.05, 0.1) is 19.3 Å². The van der Waals surface area contributed by atoms with Crippen LogP contribution in [0, 0.1) is 0 Å². The van der Waals surface area contributed by atoms with Gasteiger partial charge in [-0.3, -0.25) is 0 Å². The number of ether oxygens (including phenoxy) is 2. The highest BCUT2D eigenvalue weighted by Gasteiger charge is 2.23. The molecule has 1 saturated carbocycles. The van der Waals surface area contributed by atoms with Crippen LogP contribution in [-0.4, -0.2) is 32.0 Å². The number of rotatable bonds is 7. The van der Waals surface area contributed by atoms with E-state index in [1.54, 1.807) is 0 Å². The first kappa shape index (κ1) is 12.0. The van der Waals surface area contributed by atoms with Gasteiger partial charge in [-0.15, -0.1) is 0 Å². The van der Waals surface area contributed by atoms with Crippen LogP contribution in [0.2, 0.25) is 0 Å². The van der Waals surface area contributed by atoms with Crippen LogP contribution in [0.4, 0.5) is 0 Å². The van der Waals surface area contributed by atoms with Crippen molar-refractivity contribution in [2.24, 2.45) is 5.73 Å². The molecule has 3 nitrogen and oxygen atoms in total. The summed E-state index contributed by atoms with van der Waals surface area (Å²) < 4.78 is 11.0. The fourth-order valence-electron chi connectivity index (χ4n) is 1.77. The Bertz CT molecular complexity index is 141. The van der Waals surface area contributed by atoms with Crippen molar-refractivity contribution in [3.05, 3.63) is 0 Å². The number of nitrogens with two attached hydrogens (primary N) is 1. The zero-order valence-electron chi connectivity index (χ0n) is 9.21. The summed E-state index contributed by atoms with van der Waals surface area (Å²) in [5.41, 5.74) is 5.88. The van der Waals surface area contributed by atoms with Gasteiger partial charge in [-0.1, -0.05) is 13.3 Å². The zero-order valence-corrected chi connectivity index (χ0v) is 9.21. The van der Waals surface area contributed by atoms with Gasteiger partial charge in [-0.25, -0.2) is 0 Å². The molecule has 1 rings (SSSR count). The van der Waals surface area contributed by atoms with Gasteiger partial charge in [0.2, 0.25) is 0 Å². The van der Waals surface area contributed by atoms with Crippen molar-refractivity contribution in [3.63, 3.8) is 0 Å². The Labute approximate surface area is 86.9 Å². The monoisotopic (exact) mass is 201 g/mol. The zero-order chi connectivity index (χ0) is 10.2. The Kier molecular flexibility index (Phi) is 6.15. The highest BCUT2D eigenvalue weighted by atomic mass is 16.5. The molecule has 2 N–H and O–H groups in total. The Morgan fingerprint density at radius 1 is 1.21 bits per heavy atom. The molecule has 0 amide bonds. The molecule has 0 spiro atoms. The van der Waals surface area contributed by atoms with Crippen LogP contribution in [0.15, 0.2) is 0 Å². The maximum absolute atomic E-state index is 5.88. The molecule has 0 aromatic heterocycles. The summed E-state index contributed by atoms with van der Waals surface area (Å²) in [6, 6.07) is 0.255. The predicted octanol–water partition coefficient (Wildman–Crippen LogP) is 1.70. The third-order valence-electron chi connectivity index (χ3n) is 2.71. The Morgan fingerprint density at radius 2 is 2.07 bits per heavy atom. The molecule has 2 atom stereocenters. The quantitative estimate of drug-likeness (QED) is 0.638. The summed E-state index contributed by atoms with van der Waals surface area (Å²) in [4.78, 5) is 0. The summed E-state index contributed by atoms with van der Waals surface area (Å²) in [6.45, 7) is 4.43. The standard InChI is InChI=1S/C11H23NO2/c1-2-3-7-13-8-9-14-11-6-4-5-10(11)12/h10-11H,2-9,12H2,1H3. The van der Waals surface area contributed by atoms with Gasteiger partial charge in [0.1, 0.15) is 0 Å². The molecular formula is C11H23NO2. The van der Waals surface area contributed by atoms with E-state index in [0.717, 1.165) is 25.9 Å². The molecule has 0 saturated heterocycles. The van der Waals surface area contributed by atoms with E-state index in [4.69, 9.17) is 15.2 Å². The second-order valence-corrected chi connectivity index (χ2v) is 3.97. The van der Waals surface area contributed by atoms with Crippen LogP contribution in [-0.2, 0) is 9.47 Å². The molecule has 0 aromatic rings. The van der Waals surface area contributed by atoms with Crippen molar-refractivity contribution >= 4 is 0 Å². The topological polar surface area (TPSA) is 44.5 Å². The van der Waals surface area contributed by atoms with E-state index in [1.165, 1.54) is 12.8 Å². The van der Waals surface area contributed by atoms with Crippen molar-refractivity contribution in [2.45, 2.75) is 51.2 Å². The highest BCUT2D eigenvalue weighted by Crippen LogP contribution is 2.19. The van der Waals surface area contributed by atoms with Crippen molar-refractivity contribution in [1.82, 2.24) is 0 Å². The maximum Gasteiger partial charge on any atom is 0.0727 e. The van der Waals surface area contributed by atoms with E-state index in [-0.39, 0.29) is 12.1 Å². The third kappa shape index (κ3) is 4.40. The Hall–Kier alpha value is -0.120. The fourth-order valence-corrected chi connectivity index (χ4v) is 1.77. The molecule has 2 unspecified atom stereocenters. The lowest BCUT2D eigenvalue weighted by molar-refractivity contribution is 0.00147. The normalized spacial score (nSPS) is 27.0. The summed E-state index contributed by atoms with van der Waals surface area (Å²) in [5.74, 6) is 0. The van der Waals surface area contributed by atoms with Gasteiger partial charge in [0.25, 0.3) is 0 Å². The molecule has 0 bridgehead atoms. The molecular weight excluding hydrogens is 178 g/mol. The largest absolute Gasteiger partial charge is 0.379 e. The summed E-state index contributed by atoms with van der Waals surface area (Å²) in [6.07, 6.45) is 6.06. The van der Waals surface area contributed by atoms with Crippen LogP contribution in [0.5, 0.6) is 0 Å². The van der Waals surface area contributed by atoms with Gasteiger partial charge in [-0.05, 0) is 25.7 Å². The van der Waals surface area contributed by atoms with Crippen LogP contribution >= 0.6 is 0 Å². The SMILES string of the molecule is CCCCOCCOC1CCCC1N. The van der Waals surface area contributed by atoms with Crippen molar-refractivity contribution in [1.29, 1.82) is 0 Å². The van der Waals surface area contributed by atoms with E-state index in [2.05, 4.69) is 6.92 Å². The van der Waals surface area contributed by atoms with E-state index in [1.807, 2.05) is 0 Å². The average Bonchev–Trinajstić information content (AvgIpc) is 2.58. The number of hydrogen-bond acceptors (Lipinski definition) is 3. The highest BCUT2D eigenvalue weighted by molar-refractivity contribution is 4.80. The molecule has 1 aliphatic rings. The molecule has 1 aliphatic carbocycles. The fraction of sp³-hybridized carbons (Fsp3) is 1.00. The molecule has 0 heterocycles. The van der Waals surface area contributed by atoms with E-state index in [9.17, 15) is 0 Å². The van der Waals surface area contributed by atoms with Crippen LogP contribution < -0.4 is 5.73 Å². The minimum atomic E-state index is 0.255. The third-order valence-corrected chi connectivity index (χ3v) is 2.71. The van der Waals surface area contributed by atoms with Gasteiger partial charge in [0, 0.05) is 12.6 Å². The average molecular weight is 201 g/mol. The first-order chi connectivity index (χ1) is 6.84. The first-order valence-corrected chi connectivity index (χ1v) is 5.79. The summed E-state index contributed by atoms with van der Waals surface area (Å²) >= 11 is 0. The smallest absolute Gasteiger partial charge is 0.0727 e. The minimum absolute atomic E-state index is 0.255. The van der Waals surface area contributed by atoms with E-state index in [0.29, 0.717) is 13.2 Å². The molecule has 3 heteroatoms. The molecule has 0 aliphatic heterocycles. The van der Waals surface area contributed by atoms with Crippen LogP contribution in [0.3, 0.4) is 0 Å². The van der Waals surface area contributed by atoms with E-state index >= 15 is 0 Å². The summed E-state index contributed by atoms with van der Waals surface area (Å²) in [7, 11) is 0. The number of hydrogen-bond donors (Lipinski definition) is 1. The Morgan fingerprint density at radius 3 is 2.71 bits per heavy atom. The molecule has 0 radical (unpaired) electrons. The van der Waals surface area contributed by atoms with Gasteiger partial charge in [0.15, 0.2) is 0 Å². The van der Waals surface area contributed by atoms with Crippen molar-refractivity contribution < 1.29 is 9.47 Å².